The number of amides is 3. The molecule has 0 bridgehead atoms. The van der Waals surface area contributed by atoms with E-state index in [2.05, 4.69) is 17.4 Å². The highest BCUT2D eigenvalue weighted by Gasteiger charge is 2.47. The zero-order chi connectivity index (χ0) is 18.1. The number of aryl methyl sites for hydroxylation is 1. The van der Waals surface area contributed by atoms with Crippen LogP contribution in [0.1, 0.15) is 62.1 Å². The van der Waals surface area contributed by atoms with Gasteiger partial charge in [0.1, 0.15) is 0 Å². The third kappa shape index (κ3) is 3.15. The lowest BCUT2D eigenvalue weighted by atomic mass is 9.81. The largest absolute Gasteiger partial charge is 0.349 e. The van der Waals surface area contributed by atoms with E-state index in [-0.39, 0.29) is 48.6 Å². The van der Waals surface area contributed by atoms with Gasteiger partial charge in [-0.15, -0.1) is 0 Å². The van der Waals surface area contributed by atoms with Crippen LogP contribution in [-0.4, -0.2) is 29.2 Å². The van der Waals surface area contributed by atoms with Crippen molar-refractivity contribution < 1.29 is 14.4 Å². The molecule has 1 aliphatic heterocycles. The van der Waals surface area contributed by atoms with Crippen molar-refractivity contribution in [1.29, 1.82) is 0 Å². The fraction of sp³-hybridized carbons (Fsp3) is 0.571. The first-order valence-corrected chi connectivity index (χ1v) is 9.87. The van der Waals surface area contributed by atoms with Crippen molar-refractivity contribution in [3.05, 3.63) is 35.4 Å². The van der Waals surface area contributed by atoms with Gasteiger partial charge in [0.15, 0.2) is 0 Å². The molecule has 1 N–H and O–H groups in total. The number of imide groups is 1. The first-order valence-electron chi connectivity index (χ1n) is 9.87. The molecule has 0 radical (unpaired) electrons. The first kappa shape index (κ1) is 17.3. The van der Waals surface area contributed by atoms with Crippen molar-refractivity contribution in [2.75, 3.05) is 6.54 Å². The number of nitrogens with one attached hydrogen (secondary N) is 1. The molecule has 2 fully saturated rings. The van der Waals surface area contributed by atoms with Crippen molar-refractivity contribution in [3.63, 3.8) is 0 Å². The van der Waals surface area contributed by atoms with E-state index in [0.717, 1.165) is 44.9 Å². The van der Waals surface area contributed by atoms with E-state index in [9.17, 15) is 14.4 Å². The number of carbonyl (C=O) groups excluding carboxylic acids is 3. The van der Waals surface area contributed by atoms with Crippen LogP contribution in [0.2, 0.25) is 0 Å². The van der Waals surface area contributed by atoms with Crippen molar-refractivity contribution in [3.8, 4) is 0 Å². The van der Waals surface area contributed by atoms with Crippen LogP contribution in [0.15, 0.2) is 24.3 Å². The summed E-state index contributed by atoms with van der Waals surface area (Å²) in [4.78, 5) is 38.8. The van der Waals surface area contributed by atoms with Gasteiger partial charge < -0.3 is 5.32 Å². The molecule has 2 aliphatic carbocycles. The van der Waals surface area contributed by atoms with E-state index in [1.807, 2.05) is 12.1 Å². The van der Waals surface area contributed by atoms with Gasteiger partial charge >= 0.3 is 0 Å². The number of rotatable bonds is 4. The van der Waals surface area contributed by atoms with Crippen molar-refractivity contribution in [2.24, 2.45) is 11.8 Å². The summed E-state index contributed by atoms with van der Waals surface area (Å²) in [6.45, 7) is 0.213. The Morgan fingerprint density at radius 3 is 2.42 bits per heavy atom. The minimum Gasteiger partial charge on any atom is -0.349 e. The minimum absolute atomic E-state index is 0.0417. The predicted octanol–water partition coefficient (Wildman–Crippen LogP) is 2.75. The van der Waals surface area contributed by atoms with Crippen molar-refractivity contribution in [1.82, 2.24) is 10.2 Å². The lowest BCUT2D eigenvalue weighted by molar-refractivity contribution is -0.140. The minimum atomic E-state index is -0.135. The molecule has 26 heavy (non-hydrogen) atoms. The van der Waals surface area contributed by atoms with Gasteiger partial charge in [-0.05, 0) is 43.2 Å². The maximum Gasteiger partial charge on any atom is 0.233 e. The molecule has 5 heteroatoms. The summed E-state index contributed by atoms with van der Waals surface area (Å²) in [6, 6.07) is 8.29. The van der Waals surface area contributed by atoms with Crippen molar-refractivity contribution in [2.45, 2.75) is 57.4 Å². The molecular weight excluding hydrogens is 328 g/mol. The fourth-order valence-electron chi connectivity index (χ4n) is 4.84. The number of likely N-dealkylation sites (tertiary alicyclic amines) is 1. The normalized spacial score (nSPS) is 27.8. The highest BCUT2D eigenvalue weighted by atomic mass is 16.2. The van der Waals surface area contributed by atoms with E-state index < -0.39 is 0 Å². The molecule has 4 rings (SSSR count). The molecule has 1 heterocycles. The number of benzene rings is 1. The molecule has 3 atom stereocenters. The molecule has 1 aromatic carbocycles. The Kier molecular flexibility index (Phi) is 4.79. The smallest absolute Gasteiger partial charge is 0.233 e. The quantitative estimate of drug-likeness (QED) is 0.846. The predicted molar refractivity (Wildman–Crippen MR) is 97.0 cm³/mol. The lowest BCUT2D eigenvalue weighted by Gasteiger charge is -2.26. The monoisotopic (exact) mass is 354 g/mol. The summed E-state index contributed by atoms with van der Waals surface area (Å²) in [5, 5.41) is 3.10. The standard InChI is InChI=1S/C21H26N2O3/c24-19(22-18-11-5-7-14-6-1-2-8-15(14)18)12-13-23-20(25)16-9-3-4-10-17(16)21(23)26/h1-2,6,8,16-18H,3-5,7,9-13H2,(H,22,24)/t16-,17+,18-/m1/s1. The Bertz CT molecular complexity index is 706. The summed E-state index contributed by atoms with van der Waals surface area (Å²) in [5.41, 5.74) is 2.50. The van der Waals surface area contributed by atoms with Crippen LogP contribution in [0.3, 0.4) is 0 Å². The molecule has 1 saturated heterocycles. The molecule has 1 aromatic rings. The first-order chi connectivity index (χ1) is 12.6. The van der Waals surface area contributed by atoms with Gasteiger partial charge in [0.25, 0.3) is 0 Å². The Morgan fingerprint density at radius 1 is 1.00 bits per heavy atom. The van der Waals surface area contributed by atoms with Crippen LogP contribution in [0.4, 0.5) is 0 Å². The molecule has 3 aliphatic rings. The topological polar surface area (TPSA) is 66.5 Å². The lowest BCUT2D eigenvalue weighted by Crippen LogP contribution is -2.37. The Labute approximate surface area is 154 Å². The highest BCUT2D eigenvalue weighted by molar-refractivity contribution is 6.05. The molecule has 5 nitrogen and oxygen atoms in total. The van der Waals surface area contributed by atoms with Crippen LogP contribution in [0.25, 0.3) is 0 Å². The summed E-state index contributed by atoms with van der Waals surface area (Å²) < 4.78 is 0. The van der Waals surface area contributed by atoms with Gasteiger partial charge in [0, 0.05) is 13.0 Å². The van der Waals surface area contributed by atoms with E-state index >= 15 is 0 Å². The third-order valence-corrected chi connectivity index (χ3v) is 6.20. The van der Waals surface area contributed by atoms with E-state index in [0.29, 0.717) is 0 Å². The molecule has 0 unspecified atom stereocenters. The molecule has 1 saturated carbocycles. The molecule has 0 spiro atoms. The van der Waals surface area contributed by atoms with E-state index in [1.54, 1.807) is 0 Å². The number of hydrogen-bond acceptors (Lipinski definition) is 3. The van der Waals surface area contributed by atoms with Crippen LogP contribution in [0, 0.1) is 11.8 Å². The van der Waals surface area contributed by atoms with Gasteiger partial charge in [0.05, 0.1) is 17.9 Å². The molecule has 0 aromatic heterocycles. The Balaban J connectivity index is 1.35. The molecular formula is C21H26N2O3. The zero-order valence-electron chi connectivity index (χ0n) is 15.1. The summed E-state index contributed by atoms with van der Waals surface area (Å²) in [5.74, 6) is -0.470. The molecule has 3 amide bonds. The van der Waals surface area contributed by atoms with Gasteiger partial charge in [-0.25, -0.2) is 0 Å². The van der Waals surface area contributed by atoms with E-state index in [4.69, 9.17) is 0 Å². The second-order valence-corrected chi connectivity index (χ2v) is 7.79. The average Bonchev–Trinajstić information content (AvgIpc) is 2.91. The zero-order valence-corrected chi connectivity index (χ0v) is 15.1. The average molecular weight is 354 g/mol. The maximum atomic E-state index is 12.5. The number of fused-ring (bicyclic) bond motifs is 2. The van der Waals surface area contributed by atoms with Crippen LogP contribution in [0.5, 0.6) is 0 Å². The SMILES string of the molecule is O=C(CCN1C(=O)[C@H]2CCCC[C@H]2C1=O)N[C@@H]1CCCc2ccccc21. The summed E-state index contributed by atoms with van der Waals surface area (Å²) in [6.07, 6.45) is 6.93. The van der Waals surface area contributed by atoms with E-state index in [1.165, 1.54) is 16.0 Å². The van der Waals surface area contributed by atoms with Crippen LogP contribution in [-0.2, 0) is 20.8 Å². The van der Waals surface area contributed by atoms with Crippen molar-refractivity contribution >= 4 is 17.7 Å². The summed E-state index contributed by atoms with van der Waals surface area (Å²) >= 11 is 0. The van der Waals surface area contributed by atoms with Gasteiger partial charge in [-0.1, -0.05) is 37.1 Å². The Hall–Kier alpha value is -2.17. The fourth-order valence-corrected chi connectivity index (χ4v) is 4.84. The molecule has 138 valence electrons. The van der Waals surface area contributed by atoms with Gasteiger partial charge in [0.2, 0.25) is 17.7 Å². The number of hydrogen-bond donors (Lipinski definition) is 1. The highest BCUT2D eigenvalue weighted by Crippen LogP contribution is 2.38. The Morgan fingerprint density at radius 2 is 1.69 bits per heavy atom. The van der Waals surface area contributed by atoms with Crippen LogP contribution < -0.4 is 5.32 Å². The van der Waals surface area contributed by atoms with Gasteiger partial charge in [-0.3, -0.25) is 19.3 Å². The number of carbonyl (C=O) groups is 3. The maximum absolute atomic E-state index is 12.5. The van der Waals surface area contributed by atoms with Gasteiger partial charge in [-0.2, -0.15) is 0 Å². The summed E-state index contributed by atoms with van der Waals surface area (Å²) in [7, 11) is 0. The second-order valence-electron chi connectivity index (χ2n) is 7.79. The number of nitrogens with zero attached hydrogens (tertiary/aromatic N) is 1. The second kappa shape index (κ2) is 7.22. The van der Waals surface area contributed by atoms with Crippen LogP contribution >= 0.6 is 0 Å². The third-order valence-electron chi connectivity index (χ3n) is 6.20.